The molecule has 2 N–H and O–H groups in total. The second-order valence-corrected chi connectivity index (χ2v) is 6.21. The number of oxazole rings is 1. The summed E-state index contributed by atoms with van der Waals surface area (Å²) in [4.78, 5) is 34.5. The van der Waals surface area contributed by atoms with E-state index in [1.54, 1.807) is 0 Å². The maximum Gasteiger partial charge on any atom is 0.325 e. The van der Waals surface area contributed by atoms with Crippen molar-refractivity contribution in [1.82, 2.24) is 19.9 Å². The summed E-state index contributed by atoms with van der Waals surface area (Å²) in [6.45, 7) is 2.25. The first-order chi connectivity index (χ1) is 11.7. The van der Waals surface area contributed by atoms with Crippen molar-refractivity contribution in [3.63, 3.8) is 0 Å². The van der Waals surface area contributed by atoms with E-state index in [-0.39, 0.29) is 11.5 Å². The maximum atomic E-state index is 11.4. The van der Waals surface area contributed by atoms with Crippen LogP contribution in [0.4, 0.5) is 0 Å². The maximum absolute atomic E-state index is 11.4. The van der Waals surface area contributed by atoms with Crippen LogP contribution >= 0.6 is 0 Å². The van der Waals surface area contributed by atoms with Gasteiger partial charge in [0, 0.05) is 30.8 Å². The minimum atomic E-state index is -0.468. The number of nitrogens with zero attached hydrogens (tertiary/aromatic N) is 2. The average molecular weight is 326 g/mol. The molecule has 0 bridgehead atoms. The quantitative estimate of drug-likeness (QED) is 0.762. The number of rotatable bonds is 3. The number of hydrogen-bond donors (Lipinski definition) is 2. The molecule has 1 atom stereocenters. The molecular weight excluding hydrogens is 308 g/mol. The molecule has 0 spiro atoms. The molecule has 7 heteroatoms. The Balaban J connectivity index is 1.52. The third kappa shape index (κ3) is 3.03. The number of nitrogens with one attached hydrogen (secondary N) is 2. The van der Waals surface area contributed by atoms with Gasteiger partial charge in [0.15, 0.2) is 11.5 Å². The number of H-pyrrole nitrogens is 2. The molecule has 4 rings (SSSR count). The van der Waals surface area contributed by atoms with E-state index in [9.17, 15) is 9.59 Å². The molecular formula is C17H18N4O3. The molecule has 0 aliphatic carbocycles. The van der Waals surface area contributed by atoms with Gasteiger partial charge in [-0.25, -0.2) is 9.78 Å². The molecule has 0 unspecified atom stereocenters. The van der Waals surface area contributed by atoms with Crippen LogP contribution in [0.2, 0.25) is 0 Å². The molecule has 2 aromatic heterocycles. The molecule has 1 aliphatic rings. The standard InChI is InChI=1S/C17H18N4O3/c22-15-8-12(18-17(23)20-15)10-21-7-3-4-11(9-21)16-19-13-5-1-2-6-14(13)24-16/h1-2,5-6,8,11H,3-4,7,9-10H2,(H2,18,20,22,23)/t11-/m0/s1. The number of fused-ring (bicyclic) bond motifs is 1. The van der Waals surface area contributed by atoms with Gasteiger partial charge >= 0.3 is 5.69 Å². The Labute approximate surface area is 137 Å². The highest BCUT2D eigenvalue weighted by Gasteiger charge is 2.25. The molecule has 1 aromatic carbocycles. The summed E-state index contributed by atoms with van der Waals surface area (Å²) in [5.41, 5.74) is 1.47. The first-order valence-electron chi connectivity index (χ1n) is 8.08. The van der Waals surface area contributed by atoms with E-state index >= 15 is 0 Å². The molecule has 0 saturated carbocycles. The highest BCUT2D eigenvalue weighted by molar-refractivity contribution is 5.72. The molecule has 1 fully saturated rings. The van der Waals surface area contributed by atoms with Crippen LogP contribution < -0.4 is 11.2 Å². The van der Waals surface area contributed by atoms with Gasteiger partial charge in [0.05, 0.1) is 0 Å². The SMILES string of the molecule is O=c1cc(CN2CCC[C@H](c3nc4ccccc4o3)C2)[nH]c(=O)[nH]1. The molecule has 3 aromatic rings. The van der Waals surface area contributed by atoms with E-state index in [2.05, 4.69) is 19.9 Å². The lowest BCUT2D eigenvalue weighted by atomic mass is 9.98. The van der Waals surface area contributed by atoms with E-state index in [4.69, 9.17) is 4.42 Å². The van der Waals surface area contributed by atoms with Crippen LogP contribution in [0.5, 0.6) is 0 Å². The Morgan fingerprint density at radius 2 is 2.12 bits per heavy atom. The van der Waals surface area contributed by atoms with Crippen molar-refractivity contribution in [1.29, 1.82) is 0 Å². The van der Waals surface area contributed by atoms with E-state index in [0.29, 0.717) is 12.2 Å². The molecule has 0 amide bonds. The van der Waals surface area contributed by atoms with Crippen LogP contribution in [0.3, 0.4) is 0 Å². The van der Waals surface area contributed by atoms with Crippen LogP contribution in [0, 0.1) is 0 Å². The zero-order valence-corrected chi connectivity index (χ0v) is 13.1. The average Bonchev–Trinajstić information content (AvgIpc) is 2.98. The molecule has 0 radical (unpaired) electrons. The van der Waals surface area contributed by atoms with E-state index < -0.39 is 5.69 Å². The van der Waals surface area contributed by atoms with E-state index in [1.807, 2.05) is 24.3 Å². The van der Waals surface area contributed by atoms with Gasteiger partial charge in [0.25, 0.3) is 5.56 Å². The number of para-hydroxylation sites is 2. The fraction of sp³-hybridized carbons (Fsp3) is 0.353. The molecule has 7 nitrogen and oxygen atoms in total. The normalized spacial score (nSPS) is 18.9. The topological polar surface area (TPSA) is 95.0 Å². The molecule has 1 aliphatic heterocycles. The van der Waals surface area contributed by atoms with E-state index in [1.165, 1.54) is 6.07 Å². The molecule has 1 saturated heterocycles. The highest BCUT2D eigenvalue weighted by atomic mass is 16.3. The molecule has 3 heterocycles. The van der Waals surface area contributed by atoms with Crippen molar-refractivity contribution in [3.05, 3.63) is 62.8 Å². The third-order valence-electron chi connectivity index (χ3n) is 4.38. The van der Waals surface area contributed by atoms with Gasteiger partial charge in [-0.1, -0.05) is 12.1 Å². The van der Waals surface area contributed by atoms with Crippen LogP contribution in [0.15, 0.2) is 44.3 Å². The van der Waals surface area contributed by atoms with Gasteiger partial charge in [-0.05, 0) is 31.5 Å². The first kappa shape index (κ1) is 14.9. The summed E-state index contributed by atoms with van der Waals surface area (Å²) < 4.78 is 5.89. The number of benzene rings is 1. The van der Waals surface area contributed by atoms with Crippen molar-refractivity contribution in [3.8, 4) is 0 Å². The minimum Gasteiger partial charge on any atom is -0.440 e. The highest BCUT2D eigenvalue weighted by Crippen LogP contribution is 2.29. The van der Waals surface area contributed by atoms with Gasteiger partial charge in [0.2, 0.25) is 0 Å². The molecule has 124 valence electrons. The van der Waals surface area contributed by atoms with Crippen LogP contribution in [0.1, 0.15) is 30.3 Å². The number of piperidine rings is 1. The van der Waals surface area contributed by atoms with Crippen molar-refractivity contribution < 1.29 is 4.42 Å². The summed E-state index contributed by atoms with van der Waals surface area (Å²) in [6.07, 6.45) is 2.05. The summed E-state index contributed by atoms with van der Waals surface area (Å²) in [5, 5.41) is 0. The predicted molar refractivity (Wildman–Crippen MR) is 88.9 cm³/mol. The second kappa shape index (κ2) is 6.09. The number of likely N-dealkylation sites (tertiary alicyclic amines) is 1. The largest absolute Gasteiger partial charge is 0.440 e. The Morgan fingerprint density at radius 3 is 2.96 bits per heavy atom. The van der Waals surface area contributed by atoms with Crippen LogP contribution in [-0.2, 0) is 6.54 Å². The summed E-state index contributed by atoms with van der Waals surface area (Å²) >= 11 is 0. The zero-order chi connectivity index (χ0) is 16.5. The monoisotopic (exact) mass is 326 g/mol. The third-order valence-corrected chi connectivity index (χ3v) is 4.38. The Hall–Kier alpha value is -2.67. The van der Waals surface area contributed by atoms with Crippen molar-refractivity contribution in [2.75, 3.05) is 13.1 Å². The van der Waals surface area contributed by atoms with Crippen molar-refractivity contribution in [2.24, 2.45) is 0 Å². The zero-order valence-electron chi connectivity index (χ0n) is 13.1. The van der Waals surface area contributed by atoms with Crippen LogP contribution in [0.25, 0.3) is 11.1 Å². The van der Waals surface area contributed by atoms with Gasteiger partial charge < -0.3 is 9.40 Å². The first-order valence-corrected chi connectivity index (χ1v) is 8.08. The number of hydrogen-bond acceptors (Lipinski definition) is 5. The van der Waals surface area contributed by atoms with Gasteiger partial charge in [-0.3, -0.25) is 14.7 Å². The van der Waals surface area contributed by atoms with Crippen LogP contribution in [-0.4, -0.2) is 32.9 Å². The van der Waals surface area contributed by atoms with Crippen molar-refractivity contribution >= 4 is 11.1 Å². The lowest BCUT2D eigenvalue weighted by Gasteiger charge is -2.30. The second-order valence-electron chi connectivity index (χ2n) is 6.21. The Morgan fingerprint density at radius 1 is 1.25 bits per heavy atom. The Bertz CT molecular complexity index is 910. The fourth-order valence-corrected chi connectivity index (χ4v) is 3.31. The molecule has 24 heavy (non-hydrogen) atoms. The number of aromatic nitrogens is 3. The summed E-state index contributed by atoms with van der Waals surface area (Å²) in [5.74, 6) is 0.986. The smallest absolute Gasteiger partial charge is 0.325 e. The lowest BCUT2D eigenvalue weighted by Crippen LogP contribution is -2.35. The van der Waals surface area contributed by atoms with Crippen molar-refractivity contribution in [2.45, 2.75) is 25.3 Å². The van der Waals surface area contributed by atoms with E-state index in [0.717, 1.165) is 42.9 Å². The number of aromatic amines is 2. The Kier molecular flexibility index (Phi) is 3.78. The minimum absolute atomic E-state index is 0.222. The predicted octanol–water partition coefficient (Wildman–Crippen LogP) is 1.58. The summed E-state index contributed by atoms with van der Waals surface area (Å²) in [6, 6.07) is 9.20. The van der Waals surface area contributed by atoms with Gasteiger partial charge in [-0.15, -0.1) is 0 Å². The fourth-order valence-electron chi connectivity index (χ4n) is 3.31. The summed E-state index contributed by atoms with van der Waals surface area (Å²) in [7, 11) is 0. The van der Waals surface area contributed by atoms with Gasteiger partial charge in [-0.2, -0.15) is 0 Å². The van der Waals surface area contributed by atoms with Gasteiger partial charge in [0.1, 0.15) is 5.52 Å². The lowest BCUT2D eigenvalue weighted by molar-refractivity contribution is 0.185.